The van der Waals surface area contributed by atoms with E-state index in [0.29, 0.717) is 0 Å². The maximum Gasteiger partial charge on any atom is 0.215 e. The van der Waals surface area contributed by atoms with Gasteiger partial charge in [0.15, 0.2) is 0 Å². The van der Waals surface area contributed by atoms with Crippen molar-refractivity contribution >= 4 is 10.4 Å². The Morgan fingerprint density at radius 3 is 0.727 bits per heavy atom. The van der Waals surface area contributed by atoms with Crippen LogP contribution in [0.4, 0.5) is 0 Å². The molecule has 0 aliphatic rings. The van der Waals surface area contributed by atoms with E-state index in [2.05, 4.69) is 55.9 Å². The Bertz CT molecular complexity index is 559. The van der Waals surface area contributed by atoms with Gasteiger partial charge in [0.25, 0.3) is 0 Å². The average molecular weight is 718 g/mol. The molecule has 0 aromatic heterocycles. The van der Waals surface area contributed by atoms with Gasteiger partial charge in [0.05, 0.1) is 54.4 Å². The Kier molecular flexibility index (Phi) is 41.9. The summed E-state index contributed by atoms with van der Waals surface area (Å²) < 4.78 is 35.3. The highest BCUT2D eigenvalue weighted by molar-refractivity contribution is 7.79. The van der Waals surface area contributed by atoms with E-state index in [0.717, 1.165) is 4.48 Å². The van der Waals surface area contributed by atoms with Crippen molar-refractivity contribution in [3.05, 3.63) is 0 Å². The zero-order valence-corrected chi connectivity index (χ0v) is 33.6. The van der Waals surface area contributed by atoms with Crippen LogP contribution in [0.1, 0.15) is 182 Å². The number of hydrogen-bond acceptors (Lipinski definition) is 3. The van der Waals surface area contributed by atoms with Crippen LogP contribution in [0.3, 0.4) is 0 Å². The van der Waals surface area contributed by atoms with Gasteiger partial charge in [-0.05, 0) is 51.4 Å². The maximum atomic E-state index is 8.63. The molecule has 0 aromatic rings. The molecule has 1 N–H and O–H groups in total. The fraction of sp³-hybridized carbons (Fsp3) is 1.00. The maximum absolute atomic E-state index is 8.63. The van der Waals surface area contributed by atoms with Gasteiger partial charge in [0, 0.05) is 0 Å². The van der Waals surface area contributed by atoms with Gasteiger partial charge in [0.1, 0.15) is 0 Å². The Morgan fingerprint density at radius 1 is 0.432 bits per heavy atom. The predicted molar refractivity (Wildman–Crippen MR) is 190 cm³/mol. The van der Waals surface area contributed by atoms with Crippen molar-refractivity contribution in [1.82, 2.24) is 0 Å². The fourth-order valence-electron chi connectivity index (χ4n) is 5.58. The molecule has 0 aliphatic heterocycles. The average Bonchev–Trinajstić information content (AvgIpc) is 2.90. The van der Waals surface area contributed by atoms with E-state index in [1.54, 1.807) is 0 Å². The highest BCUT2D eigenvalue weighted by Crippen LogP contribution is 2.20. The summed E-state index contributed by atoms with van der Waals surface area (Å²) in [6.07, 6.45) is 34.8. The van der Waals surface area contributed by atoms with Crippen LogP contribution < -0.4 is 17.0 Å². The predicted octanol–water partition coefficient (Wildman–Crippen LogP) is 7.58. The van der Waals surface area contributed by atoms with Gasteiger partial charge in [-0.3, -0.25) is 4.55 Å². The summed E-state index contributed by atoms with van der Waals surface area (Å²) in [5, 5.41) is 0. The Balaban J connectivity index is -0.000000623. The Labute approximate surface area is 289 Å². The molecule has 0 bridgehead atoms. The standard InChI is InChI=1S/C32H68N.C4H12N.BrH.H2O4S/c1-5-9-13-17-21-25-29-33(30-26-22-18-14-10-6-2,31-27-23-19-15-11-7-3)32-28-24-20-16-12-8-4;1-5(2,3)4;;1-5(2,3)4/h5-32H2,1-4H3;1-4H3;1H;(H2,1,2,3,4)/q2*+1;;/p-2. The van der Waals surface area contributed by atoms with E-state index in [9.17, 15) is 0 Å². The number of unbranched alkanes of at least 4 members (excludes halogenated alkanes) is 20. The third kappa shape index (κ3) is 54.7. The normalized spacial score (nSPS) is 11.7. The SMILES string of the molecule is CCCCCCCC[N+](CCCCCCCC)(CCCCCCCC)CCCCCCCC.C[N+](C)(C)C.O=S(=O)([O-])O.[Br-]. The molecule has 0 aliphatic carbocycles. The van der Waals surface area contributed by atoms with E-state index >= 15 is 0 Å². The van der Waals surface area contributed by atoms with Crippen LogP contribution in [0.5, 0.6) is 0 Å². The summed E-state index contributed by atoms with van der Waals surface area (Å²) in [6, 6.07) is 0. The Morgan fingerprint density at radius 2 is 0.568 bits per heavy atom. The van der Waals surface area contributed by atoms with E-state index in [-0.39, 0.29) is 17.0 Å². The van der Waals surface area contributed by atoms with Crippen molar-refractivity contribution in [2.45, 2.75) is 182 Å². The minimum atomic E-state index is -4.92. The summed E-state index contributed by atoms with van der Waals surface area (Å²) in [5.74, 6) is 0. The second-order valence-electron chi connectivity index (χ2n) is 14.4. The third-order valence-electron chi connectivity index (χ3n) is 7.94. The van der Waals surface area contributed by atoms with Crippen LogP contribution in [0, 0.1) is 0 Å². The lowest BCUT2D eigenvalue weighted by atomic mass is 10.0. The quantitative estimate of drug-likeness (QED) is 0.0392. The lowest BCUT2D eigenvalue weighted by Crippen LogP contribution is -3.00. The molecule has 0 saturated carbocycles. The van der Waals surface area contributed by atoms with Gasteiger partial charge in [-0.25, -0.2) is 8.42 Å². The second-order valence-corrected chi connectivity index (χ2v) is 15.3. The highest BCUT2D eigenvalue weighted by atomic mass is 79.9. The summed E-state index contributed by atoms with van der Waals surface area (Å²) >= 11 is 0. The first kappa shape index (κ1) is 51.1. The third-order valence-corrected chi connectivity index (χ3v) is 7.94. The molecule has 0 unspecified atom stereocenters. The molecule has 0 heterocycles. The number of nitrogens with zero attached hydrogens (tertiary/aromatic N) is 2. The van der Waals surface area contributed by atoms with Crippen LogP contribution in [-0.2, 0) is 10.4 Å². The van der Waals surface area contributed by atoms with Gasteiger partial charge >= 0.3 is 0 Å². The molecular weight excluding hydrogens is 636 g/mol. The van der Waals surface area contributed by atoms with Crippen molar-refractivity contribution in [3.63, 3.8) is 0 Å². The largest absolute Gasteiger partial charge is 1.00 e. The summed E-state index contributed by atoms with van der Waals surface area (Å²) in [4.78, 5) is 0. The van der Waals surface area contributed by atoms with Gasteiger partial charge in [-0.15, -0.1) is 0 Å². The molecular formula is C36H81BrN2O4S. The zero-order chi connectivity index (χ0) is 33.3. The first-order chi connectivity index (χ1) is 20.2. The highest BCUT2D eigenvalue weighted by Gasteiger charge is 2.25. The van der Waals surface area contributed by atoms with Crippen molar-refractivity contribution in [2.75, 3.05) is 54.4 Å². The number of rotatable bonds is 28. The van der Waals surface area contributed by atoms with Crippen LogP contribution >= 0.6 is 0 Å². The molecule has 0 amide bonds. The van der Waals surface area contributed by atoms with Crippen LogP contribution in [-0.4, -0.2) is 80.9 Å². The molecule has 44 heavy (non-hydrogen) atoms. The summed E-state index contributed by atoms with van der Waals surface area (Å²) in [5.41, 5.74) is 0. The van der Waals surface area contributed by atoms with Gasteiger partial charge in [0.2, 0.25) is 10.4 Å². The fourth-order valence-corrected chi connectivity index (χ4v) is 5.58. The number of quaternary nitrogens is 2. The molecule has 0 rings (SSSR count). The molecule has 0 saturated heterocycles. The zero-order valence-electron chi connectivity index (χ0n) is 31.2. The number of halogens is 1. The van der Waals surface area contributed by atoms with Crippen molar-refractivity contribution in [3.8, 4) is 0 Å². The van der Waals surface area contributed by atoms with Crippen molar-refractivity contribution in [1.29, 1.82) is 0 Å². The first-order valence-corrected chi connectivity index (χ1v) is 19.9. The monoisotopic (exact) mass is 717 g/mol. The van der Waals surface area contributed by atoms with E-state index in [4.69, 9.17) is 17.5 Å². The van der Waals surface area contributed by atoms with E-state index < -0.39 is 10.4 Å². The van der Waals surface area contributed by atoms with E-state index in [1.807, 2.05) is 0 Å². The molecule has 0 radical (unpaired) electrons. The molecule has 0 aromatic carbocycles. The summed E-state index contributed by atoms with van der Waals surface area (Å²) in [6.45, 7) is 15.3. The lowest BCUT2D eigenvalue weighted by molar-refractivity contribution is -0.929. The van der Waals surface area contributed by atoms with Gasteiger partial charge in [-0.1, -0.05) is 130 Å². The molecule has 0 spiro atoms. The minimum absolute atomic E-state index is 0. The van der Waals surface area contributed by atoms with Crippen LogP contribution in [0.2, 0.25) is 0 Å². The van der Waals surface area contributed by atoms with Gasteiger partial charge < -0.3 is 30.5 Å². The van der Waals surface area contributed by atoms with Crippen molar-refractivity contribution < 1.29 is 43.5 Å². The topological polar surface area (TPSA) is 77.4 Å². The molecule has 8 heteroatoms. The molecule has 272 valence electrons. The van der Waals surface area contributed by atoms with Crippen molar-refractivity contribution in [2.24, 2.45) is 0 Å². The molecule has 6 nitrogen and oxygen atoms in total. The summed E-state index contributed by atoms with van der Waals surface area (Å²) in [7, 11) is 3.58. The Hall–Kier alpha value is 0.270. The first-order valence-electron chi connectivity index (χ1n) is 18.6. The minimum Gasteiger partial charge on any atom is -1.00 e. The number of hydrogen-bond donors (Lipinski definition) is 1. The second kappa shape index (κ2) is 36.1. The van der Waals surface area contributed by atoms with E-state index in [1.165, 1.54) is 185 Å². The lowest BCUT2D eigenvalue weighted by Gasteiger charge is -2.40. The van der Waals surface area contributed by atoms with Crippen LogP contribution in [0.25, 0.3) is 0 Å². The molecule has 0 fully saturated rings. The smallest absolute Gasteiger partial charge is 0.215 e. The van der Waals surface area contributed by atoms with Gasteiger partial charge in [-0.2, -0.15) is 0 Å². The van der Waals surface area contributed by atoms with Crippen LogP contribution in [0.15, 0.2) is 0 Å². The molecule has 0 atom stereocenters.